The summed E-state index contributed by atoms with van der Waals surface area (Å²) in [5, 5.41) is 8.93. The lowest BCUT2D eigenvalue weighted by Crippen LogP contribution is -2.33. The Morgan fingerprint density at radius 1 is 1.04 bits per heavy atom. The third-order valence-corrected chi connectivity index (χ3v) is 5.20. The van der Waals surface area contributed by atoms with Gasteiger partial charge in [-0.2, -0.15) is 0 Å². The van der Waals surface area contributed by atoms with Crippen LogP contribution in [0.3, 0.4) is 0 Å². The fourth-order valence-electron chi connectivity index (χ4n) is 2.40. The molecule has 0 aliphatic carbocycles. The minimum absolute atomic E-state index is 0.116. The second kappa shape index (κ2) is 6.83. The van der Waals surface area contributed by atoms with Gasteiger partial charge >= 0.3 is 5.97 Å². The lowest BCUT2D eigenvalue weighted by atomic mass is 10.1. The number of rotatable bonds is 6. The highest BCUT2D eigenvalue weighted by molar-refractivity contribution is 7.92. The summed E-state index contributed by atoms with van der Waals surface area (Å²) in [5.74, 6) is -1.04. The number of benzene rings is 2. The fraction of sp³-hybridized carbons (Fsp3) is 0.235. The van der Waals surface area contributed by atoms with Crippen molar-refractivity contribution in [1.29, 1.82) is 0 Å². The largest absolute Gasteiger partial charge is 0.481 e. The first-order valence-electron chi connectivity index (χ1n) is 7.18. The zero-order valence-corrected chi connectivity index (χ0v) is 13.9. The molecule has 0 aliphatic rings. The SMILES string of the molecule is Cc1cc(C)cc(N(CCC(=O)O)S(=O)(=O)c2ccccc2)c1. The summed E-state index contributed by atoms with van der Waals surface area (Å²) in [6, 6.07) is 13.5. The molecule has 5 nitrogen and oxygen atoms in total. The number of nitrogens with zero attached hydrogens (tertiary/aromatic N) is 1. The zero-order valence-electron chi connectivity index (χ0n) is 13.1. The van der Waals surface area contributed by atoms with E-state index in [0.29, 0.717) is 5.69 Å². The Kier molecular flexibility index (Phi) is 5.05. The molecule has 0 radical (unpaired) electrons. The summed E-state index contributed by atoms with van der Waals surface area (Å²) in [5.41, 5.74) is 2.32. The quantitative estimate of drug-likeness (QED) is 0.882. The molecule has 0 heterocycles. The van der Waals surface area contributed by atoms with Crippen molar-refractivity contribution in [2.24, 2.45) is 0 Å². The predicted molar refractivity (Wildman–Crippen MR) is 89.1 cm³/mol. The smallest absolute Gasteiger partial charge is 0.305 e. The molecule has 0 spiro atoms. The lowest BCUT2D eigenvalue weighted by Gasteiger charge is -2.24. The van der Waals surface area contributed by atoms with Crippen LogP contribution >= 0.6 is 0 Å². The average molecular weight is 333 g/mol. The number of hydrogen-bond acceptors (Lipinski definition) is 3. The highest BCUT2D eigenvalue weighted by atomic mass is 32.2. The van der Waals surface area contributed by atoms with E-state index in [1.807, 2.05) is 19.9 Å². The van der Waals surface area contributed by atoms with Crippen molar-refractivity contribution in [3.8, 4) is 0 Å². The van der Waals surface area contributed by atoms with Crippen LogP contribution in [0.25, 0.3) is 0 Å². The number of anilines is 1. The summed E-state index contributed by atoms with van der Waals surface area (Å²) < 4.78 is 27.0. The van der Waals surface area contributed by atoms with Crippen molar-refractivity contribution >= 4 is 21.7 Å². The Labute approximate surface area is 136 Å². The molecular weight excluding hydrogens is 314 g/mol. The monoisotopic (exact) mass is 333 g/mol. The molecule has 0 fully saturated rings. The molecule has 6 heteroatoms. The fourth-order valence-corrected chi connectivity index (χ4v) is 3.87. The van der Waals surface area contributed by atoms with E-state index in [1.165, 1.54) is 12.1 Å². The number of hydrogen-bond donors (Lipinski definition) is 1. The molecular formula is C17H19NO4S. The van der Waals surface area contributed by atoms with Crippen molar-refractivity contribution < 1.29 is 18.3 Å². The molecule has 122 valence electrons. The minimum Gasteiger partial charge on any atom is -0.481 e. The molecule has 0 saturated carbocycles. The van der Waals surface area contributed by atoms with E-state index in [0.717, 1.165) is 15.4 Å². The molecule has 0 aromatic heterocycles. The maximum Gasteiger partial charge on any atom is 0.305 e. The third-order valence-electron chi connectivity index (χ3n) is 3.35. The van der Waals surface area contributed by atoms with Crippen molar-refractivity contribution in [3.05, 3.63) is 59.7 Å². The number of carboxylic acids is 1. The number of sulfonamides is 1. The normalized spacial score (nSPS) is 11.2. The number of aryl methyl sites for hydroxylation is 2. The van der Waals surface area contributed by atoms with Gasteiger partial charge in [-0.1, -0.05) is 24.3 Å². The Hall–Kier alpha value is -2.34. The number of aliphatic carboxylic acids is 1. The third kappa shape index (κ3) is 4.10. The molecule has 0 amide bonds. The highest BCUT2D eigenvalue weighted by Gasteiger charge is 2.25. The van der Waals surface area contributed by atoms with E-state index < -0.39 is 16.0 Å². The molecule has 2 aromatic rings. The van der Waals surface area contributed by atoms with Gasteiger partial charge in [-0.3, -0.25) is 9.10 Å². The van der Waals surface area contributed by atoms with Crippen LogP contribution in [0.5, 0.6) is 0 Å². The van der Waals surface area contributed by atoms with Gasteiger partial charge in [0.2, 0.25) is 0 Å². The molecule has 0 saturated heterocycles. The van der Waals surface area contributed by atoms with Gasteiger partial charge < -0.3 is 5.11 Å². The molecule has 2 rings (SSSR count). The first kappa shape index (κ1) is 17.0. The Balaban J connectivity index is 2.51. The molecule has 0 unspecified atom stereocenters. The average Bonchev–Trinajstić information content (AvgIpc) is 2.47. The summed E-state index contributed by atoms with van der Waals surface area (Å²) in [6.45, 7) is 3.64. The Bertz CT molecular complexity index is 780. The van der Waals surface area contributed by atoms with Gasteiger partial charge in [0.25, 0.3) is 10.0 Å². The van der Waals surface area contributed by atoms with Gasteiger partial charge in [0.15, 0.2) is 0 Å². The van der Waals surface area contributed by atoms with Gasteiger partial charge in [-0.05, 0) is 49.2 Å². The summed E-state index contributed by atoms with van der Waals surface area (Å²) in [6.07, 6.45) is -0.265. The molecule has 2 aromatic carbocycles. The number of carboxylic acid groups (broad SMARTS) is 1. The topological polar surface area (TPSA) is 74.7 Å². The van der Waals surface area contributed by atoms with Crippen LogP contribution < -0.4 is 4.31 Å². The lowest BCUT2D eigenvalue weighted by molar-refractivity contribution is -0.136. The van der Waals surface area contributed by atoms with Crippen LogP contribution in [0.2, 0.25) is 0 Å². The molecule has 0 atom stereocenters. The van der Waals surface area contributed by atoms with E-state index in [2.05, 4.69) is 0 Å². The Morgan fingerprint density at radius 3 is 2.13 bits per heavy atom. The standard InChI is InChI=1S/C17H19NO4S/c1-13-10-14(2)12-15(11-13)18(9-8-17(19)20)23(21,22)16-6-4-3-5-7-16/h3-7,10-12H,8-9H2,1-2H3,(H,19,20). The predicted octanol–water partition coefficient (Wildman–Crippen LogP) is 2.97. The van der Waals surface area contributed by atoms with Crippen molar-refractivity contribution in [1.82, 2.24) is 0 Å². The maximum atomic E-state index is 12.9. The van der Waals surface area contributed by atoms with Gasteiger partial charge in [0.05, 0.1) is 17.0 Å². The van der Waals surface area contributed by atoms with Crippen LogP contribution in [0.1, 0.15) is 17.5 Å². The van der Waals surface area contributed by atoms with Crippen LogP contribution in [0.15, 0.2) is 53.4 Å². The van der Waals surface area contributed by atoms with E-state index >= 15 is 0 Å². The van der Waals surface area contributed by atoms with E-state index in [1.54, 1.807) is 30.3 Å². The van der Waals surface area contributed by atoms with Crippen molar-refractivity contribution in [2.75, 3.05) is 10.8 Å². The van der Waals surface area contributed by atoms with Crippen LogP contribution in [0.4, 0.5) is 5.69 Å². The van der Waals surface area contributed by atoms with Crippen molar-refractivity contribution in [2.45, 2.75) is 25.2 Å². The summed E-state index contributed by atoms with van der Waals surface area (Å²) >= 11 is 0. The maximum absolute atomic E-state index is 12.9. The summed E-state index contributed by atoms with van der Waals surface area (Å²) in [4.78, 5) is 11.1. The van der Waals surface area contributed by atoms with E-state index in [9.17, 15) is 13.2 Å². The minimum atomic E-state index is -3.81. The first-order chi connectivity index (χ1) is 10.8. The molecule has 0 aliphatic heterocycles. The van der Waals surface area contributed by atoms with E-state index in [-0.39, 0.29) is 17.9 Å². The number of carbonyl (C=O) groups is 1. The Morgan fingerprint density at radius 2 is 1.61 bits per heavy atom. The second-order valence-electron chi connectivity index (χ2n) is 5.38. The zero-order chi connectivity index (χ0) is 17.0. The van der Waals surface area contributed by atoms with Crippen LogP contribution in [0, 0.1) is 13.8 Å². The van der Waals surface area contributed by atoms with Gasteiger partial charge in [0, 0.05) is 6.54 Å². The van der Waals surface area contributed by atoms with E-state index in [4.69, 9.17) is 5.11 Å². The van der Waals surface area contributed by atoms with Gasteiger partial charge in [-0.15, -0.1) is 0 Å². The molecule has 23 heavy (non-hydrogen) atoms. The molecule has 1 N–H and O–H groups in total. The molecule has 0 bridgehead atoms. The second-order valence-corrected chi connectivity index (χ2v) is 7.24. The van der Waals surface area contributed by atoms with Gasteiger partial charge in [0.1, 0.15) is 0 Å². The van der Waals surface area contributed by atoms with Crippen LogP contribution in [-0.4, -0.2) is 26.0 Å². The van der Waals surface area contributed by atoms with Crippen molar-refractivity contribution in [3.63, 3.8) is 0 Å². The van der Waals surface area contributed by atoms with Crippen LogP contribution in [-0.2, 0) is 14.8 Å². The highest BCUT2D eigenvalue weighted by Crippen LogP contribution is 2.26. The summed E-state index contributed by atoms with van der Waals surface area (Å²) in [7, 11) is -3.81. The first-order valence-corrected chi connectivity index (χ1v) is 8.62. The van der Waals surface area contributed by atoms with Gasteiger partial charge in [-0.25, -0.2) is 8.42 Å².